The number of aliphatic hydroxyl groups is 2. The summed E-state index contributed by atoms with van der Waals surface area (Å²) in [5.41, 5.74) is 0. The zero-order valence-electron chi connectivity index (χ0n) is 8.80. The molecule has 1 fully saturated rings. The van der Waals surface area contributed by atoms with Gasteiger partial charge < -0.3 is 14.9 Å². The van der Waals surface area contributed by atoms with Gasteiger partial charge in [0, 0.05) is 5.92 Å². The molecule has 4 heteroatoms. The maximum atomic E-state index is 11.4. The van der Waals surface area contributed by atoms with E-state index in [4.69, 9.17) is 0 Å². The molecule has 0 aromatic rings. The van der Waals surface area contributed by atoms with Gasteiger partial charge in [0.25, 0.3) is 0 Å². The molecule has 4 nitrogen and oxygen atoms in total. The zero-order valence-corrected chi connectivity index (χ0v) is 8.80. The first-order valence-corrected chi connectivity index (χ1v) is 4.93. The highest BCUT2D eigenvalue weighted by atomic mass is 16.5. The van der Waals surface area contributed by atoms with E-state index in [1.165, 1.54) is 7.11 Å². The van der Waals surface area contributed by atoms with Gasteiger partial charge >= 0.3 is 5.97 Å². The van der Waals surface area contributed by atoms with E-state index < -0.39 is 18.1 Å². The summed E-state index contributed by atoms with van der Waals surface area (Å²) < 4.78 is 4.63. The van der Waals surface area contributed by atoms with Crippen LogP contribution in [0, 0.1) is 17.8 Å². The van der Waals surface area contributed by atoms with Crippen molar-refractivity contribution in [3.8, 4) is 0 Å². The number of hydrogen-bond acceptors (Lipinski definition) is 4. The van der Waals surface area contributed by atoms with Crippen molar-refractivity contribution >= 4 is 5.97 Å². The maximum Gasteiger partial charge on any atom is 0.311 e. The molecule has 0 saturated heterocycles. The number of carbonyl (C=O) groups is 1. The lowest BCUT2D eigenvalue weighted by atomic mass is 9.72. The molecule has 1 aliphatic carbocycles. The molecule has 1 aliphatic rings. The van der Waals surface area contributed by atoms with E-state index >= 15 is 0 Å². The molecule has 0 radical (unpaired) electrons. The molecule has 0 bridgehead atoms. The molecule has 0 amide bonds. The third-order valence-corrected chi connectivity index (χ3v) is 3.21. The molecule has 14 heavy (non-hydrogen) atoms. The second-order valence-corrected chi connectivity index (χ2v) is 4.18. The van der Waals surface area contributed by atoms with Gasteiger partial charge in [0.15, 0.2) is 0 Å². The number of esters is 1. The predicted octanol–water partition coefficient (Wildman–Crippen LogP) is 0.173. The lowest BCUT2D eigenvalue weighted by molar-refractivity contribution is -0.161. The Morgan fingerprint density at radius 3 is 2.43 bits per heavy atom. The highest BCUT2D eigenvalue weighted by Gasteiger charge is 2.43. The third kappa shape index (κ3) is 1.91. The molecule has 82 valence electrons. The lowest BCUT2D eigenvalue weighted by Crippen LogP contribution is -2.48. The van der Waals surface area contributed by atoms with Crippen LogP contribution in [0.4, 0.5) is 0 Å². The minimum atomic E-state index is -0.804. The average molecular weight is 202 g/mol. The molecular weight excluding hydrogens is 184 g/mol. The molecule has 0 spiro atoms. The number of ether oxygens (including phenoxy) is 1. The van der Waals surface area contributed by atoms with Crippen LogP contribution in [0.3, 0.4) is 0 Å². The highest BCUT2D eigenvalue weighted by Crippen LogP contribution is 2.34. The Bertz CT molecular complexity index is 216. The van der Waals surface area contributed by atoms with Crippen molar-refractivity contribution in [2.24, 2.45) is 17.8 Å². The Kier molecular flexibility index (Phi) is 3.50. The molecule has 1 saturated carbocycles. The van der Waals surface area contributed by atoms with E-state index in [2.05, 4.69) is 4.74 Å². The molecule has 1 rings (SSSR count). The van der Waals surface area contributed by atoms with E-state index in [9.17, 15) is 15.0 Å². The summed E-state index contributed by atoms with van der Waals surface area (Å²) >= 11 is 0. The smallest absolute Gasteiger partial charge is 0.311 e. The van der Waals surface area contributed by atoms with Gasteiger partial charge in [0.1, 0.15) is 0 Å². The standard InChI is InChI=1S/C10H18O4/c1-5-4-7(11)6(2)9(12)8(5)10(13)14-3/h5-9,11-12H,4H2,1-3H3. The van der Waals surface area contributed by atoms with Crippen LogP contribution in [0.2, 0.25) is 0 Å². The van der Waals surface area contributed by atoms with Crippen LogP contribution in [0.5, 0.6) is 0 Å². The Morgan fingerprint density at radius 1 is 1.36 bits per heavy atom. The van der Waals surface area contributed by atoms with Crippen molar-refractivity contribution in [2.75, 3.05) is 7.11 Å². The molecule has 5 unspecified atom stereocenters. The van der Waals surface area contributed by atoms with Crippen LogP contribution >= 0.6 is 0 Å². The van der Waals surface area contributed by atoms with E-state index in [1.807, 2.05) is 6.92 Å². The number of rotatable bonds is 1. The third-order valence-electron chi connectivity index (χ3n) is 3.21. The van der Waals surface area contributed by atoms with Crippen LogP contribution in [0.15, 0.2) is 0 Å². The van der Waals surface area contributed by atoms with Gasteiger partial charge in [-0.2, -0.15) is 0 Å². The van der Waals surface area contributed by atoms with Gasteiger partial charge in [-0.1, -0.05) is 13.8 Å². The summed E-state index contributed by atoms with van der Waals surface area (Å²) in [7, 11) is 1.32. The topological polar surface area (TPSA) is 66.8 Å². The van der Waals surface area contributed by atoms with Crippen molar-refractivity contribution < 1.29 is 19.7 Å². The Hall–Kier alpha value is -0.610. The van der Waals surface area contributed by atoms with Crippen LogP contribution in [-0.4, -0.2) is 35.5 Å². The van der Waals surface area contributed by atoms with Crippen molar-refractivity contribution in [1.29, 1.82) is 0 Å². The Balaban J connectivity index is 2.78. The molecule has 0 aromatic heterocycles. The van der Waals surface area contributed by atoms with Crippen LogP contribution < -0.4 is 0 Å². The minimum Gasteiger partial charge on any atom is -0.469 e. The number of aliphatic hydroxyl groups excluding tert-OH is 2. The summed E-state index contributed by atoms with van der Waals surface area (Å²) in [5, 5.41) is 19.4. The molecular formula is C10H18O4. The number of methoxy groups -OCH3 is 1. The fraction of sp³-hybridized carbons (Fsp3) is 0.900. The van der Waals surface area contributed by atoms with Gasteiger partial charge in [-0.25, -0.2) is 0 Å². The largest absolute Gasteiger partial charge is 0.469 e. The van der Waals surface area contributed by atoms with Crippen molar-refractivity contribution in [3.05, 3.63) is 0 Å². The van der Waals surface area contributed by atoms with Gasteiger partial charge in [0.2, 0.25) is 0 Å². The maximum absolute atomic E-state index is 11.4. The molecule has 0 aromatic carbocycles. The van der Waals surface area contributed by atoms with E-state index in [1.54, 1.807) is 6.92 Å². The first kappa shape index (κ1) is 11.5. The quantitative estimate of drug-likeness (QED) is 0.595. The van der Waals surface area contributed by atoms with Crippen LogP contribution in [0.25, 0.3) is 0 Å². The zero-order chi connectivity index (χ0) is 10.9. The van der Waals surface area contributed by atoms with Crippen LogP contribution in [0.1, 0.15) is 20.3 Å². The second kappa shape index (κ2) is 4.28. The normalized spacial score (nSPS) is 43.4. The van der Waals surface area contributed by atoms with E-state index in [0.29, 0.717) is 6.42 Å². The van der Waals surface area contributed by atoms with Gasteiger partial charge in [0.05, 0.1) is 25.2 Å². The summed E-state index contributed by atoms with van der Waals surface area (Å²) in [6.45, 7) is 3.59. The first-order chi connectivity index (χ1) is 6.49. The Labute approximate surface area is 83.9 Å². The van der Waals surface area contributed by atoms with Crippen molar-refractivity contribution in [2.45, 2.75) is 32.5 Å². The fourth-order valence-electron chi connectivity index (χ4n) is 2.14. The lowest BCUT2D eigenvalue weighted by Gasteiger charge is -2.38. The van der Waals surface area contributed by atoms with Crippen molar-refractivity contribution in [1.82, 2.24) is 0 Å². The molecule has 5 atom stereocenters. The van der Waals surface area contributed by atoms with Crippen LogP contribution in [-0.2, 0) is 9.53 Å². The summed E-state index contributed by atoms with van der Waals surface area (Å²) in [6.07, 6.45) is -0.792. The number of hydrogen-bond donors (Lipinski definition) is 2. The predicted molar refractivity (Wildman–Crippen MR) is 50.5 cm³/mol. The van der Waals surface area contributed by atoms with Crippen molar-refractivity contribution in [3.63, 3.8) is 0 Å². The highest BCUT2D eigenvalue weighted by molar-refractivity contribution is 5.73. The monoisotopic (exact) mass is 202 g/mol. The van der Waals surface area contributed by atoms with E-state index in [-0.39, 0.29) is 17.8 Å². The molecule has 0 heterocycles. The summed E-state index contributed by atoms with van der Waals surface area (Å²) in [6, 6.07) is 0. The second-order valence-electron chi connectivity index (χ2n) is 4.18. The SMILES string of the molecule is COC(=O)C1C(C)CC(O)C(C)C1O. The first-order valence-electron chi connectivity index (χ1n) is 4.93. The van der Waals surface area contributed by atoms with Gasteiger partial charge in [-0.15, -0.1) is 0 Å². The summed E-state index contributed by atoms with van der Waals surface area (Å²) in [4.78, 5) is 11.4. The number of carbonyl (C=O) groups excluding carboxylic acids is 1. The van der Waals surface area contributed by atoms with Gasteiger partial charge in [-0.3, -0.25) is 4.79 Å². The average Bonchev–Trinajstić information content (AvgIpc) is 2.14. The molecule has 0 aliphatic heterocycles. The molecule has 2 N–H and O–H groups in total. The fourth-order valence-corrected chi connectivity index (χ4v) is 2.14. The minimum absolute atomic E-state index is 0.0383. The summed E-state index contributed by atoms with van der Waals surface area (Å²) in [5.74, 6) is -1.19. The van der Waals surface area contributed by atoms with Gasteiger partial charge in [-0.05, 0) is 12.3 Å². The van der Waals surface area contributed by atoms with E-state index in [0.717, 1.165) is 0 Å². The Morgan fingerprint density at radius 2 is 1.93 bits per heavy atom.